The monoisotopic (exact) mass is 341 g/mol. The Bertz CT molecular complexity index is 712. The number of hydrogen-bond acceptors (Lipinski definition) is 3. The fraction of sp³-hybridized carbons (Fsp3) is 0.263. The number of hydrogen-bond donors (Lipinski definition) is 2. The van der Waals surface area contributed by atoms with E-state index in [2.05, 4.69) is 10.6 Å². The third-order valence-electron chi connectivity index (χ3n) is 3.78. The Morgan fingerprint density at radius 3 is 2.16 bits per heavy atom. The highest BCUT2D eigenvalue weighted by Gasteiger charge is 2.05. The number of benzene rings is 2. The van der Waals surface area contributed by atoms with Crippen LogP contribution in [0.15, 0.2) is 48.5 Å². The molecule has 2 rings (SSSR count). The van der Waals surface area contributed by atoms with Gasteiger partial charge in [-0.15, -0.1) is 0 Å². The number of methoxy groups -OCH3 is 1. The van der Waals surface area contributed by atoms with Crippen LogP contribution >= 0.6 is 0 Å². The van der Waals surface area contributed by atoms with Crippen LogP contribution in [-0.4, -0.2) is 31.0 Å². The lowest BCUT2D eigenvalue weighted by Gasteiger charge is -2.15. The summed E-state index contributed by atoms with van der Waals surface area (Å²) in [7, 11) is 3.37. The van der Waals surface area contributed by atoms with E-state index in [9.17, 15) is 9.59 Å². The maximum Gasteiger partial charge on any atom is 0.319 e. The van der Waals surface area contributed by atoms with Gasteiger partial charge in [0.05, 0.1) is 7.11 Å². The van der Waals surface area contributed by atoms with E-state index in [1.54, 1.807) is 19.1 Å². The zero-order chi connectivity index (χ0) is 18.2. The number of anilines is 1. The van der Waals surface area contributed by atoms with Gasteiger partial charge in [0, 0.05) is 32.7 Å². The van der Waals surface area contributed by atoms with Crippen LogP contribution in [-0.2, 0) is 17.9 Å². The fourth-order valence-corrected chi connectivity index (χ4v) is 2.18. The maximum absolute atomic E-state index is 12.0. The van der Waals surface area contributed by atoms with Gasteiger partial charge in [-0.05, 0) is 35.4 Å². The molecule has 0 heterocycles. The van der Waals surface area contributed by atoms with Crippen molar-refractivity contribution in [3.8, 4) is 5.75 Å². The molecule has 2 aromatic carbocycles. The van der Waals surface area contributed by atoms with Gasteiger partial charge in [0.2, 0.25) is 5.91 Å². The molecule has 0 radical (unpaired) electrons. The Hall–Kier alpha value is -3.02. The van der Waals surface area contributed by atoms with Crippen molar-refractivity contribution in [3.63, 3.8) is 0 Å². The van der Waals surface area contributed by atoms with Gasteiger partial charge in [0.15, 0.2) is 0 Å². The number of carbonyl (C=O) groups excluding carboxylic acids is 2. The summed E-state index contributed by atoms with van der Waals surface area (Å²) in [6.45, 7) is 2.50. The Morgan fingerprint density at radius 2 is 1.60 bits per heavy atom. The van der Waals surface area contributed by atoms with Gasteiger partial charge in [0.25, 0.3) is 0 Å². The van der Waals surface area contributed by atoms with E-state index in [1.165, 1.54) is 6.92 Å². The Kier molecular flexibility index (Phi) is 6.39. The molecule has 6 nitrogen and oxygen atoms in total. The quantitative estimate of drug-likeness (QED) is 0.848. The summed E-state index contributed by atoms with van der Waals surface area (Å²) in [5.41, 5.74) is 2.68. The Labute approximate surface area is 147 Å². The van der Waals surface area contributed by atoms with Gasteiger partial charge in [-0.2, -0.15) is 0 Å². The molecular weight excluding hydrogens is 318 g/mol. The molecule has 2 aromatic rings. The minimum absolute atomic E-state index is 0.0140. The van der Waals surface area contributed by atoms with Gasteiger partial charge in [-0.1, -0.05) is 24.3 Å². The first-order valence-corrected chi connectivity index (χ1v) is 7.96. The first-order chi connectivity index (χ1) is 12.0. The molecule has 0 aromatic heterocycles. The summed E-state index contributed by atoms with van der Waals surface area (Å²) >= 11 is 0. The average Bonchev–Trinajstić information content (AvgIpc) is 2.62. The maximum atomic E-state index is 12.0. The first-order valence-electron chi connectivity index (χ1n) is 7.96. The Balaban J connectivity index is 1.82. The molecular formula is C19H23N3O3. The van der Waals surface area contributed by atoms with Crippen molar-refractivity contribution in [1.82, 2.24) is 10.2 Å². The molecule has 0 saturated heterocycles. The summed E-state index contributed by atoms with van der Waals surface area (Å²) in [5, 5.41) is 5.59. The van der Waals surface area contributed by atoms with E-state index in [4.69, 9.17) is 4.74 Å². The van der Waals surface area contributed by atoms with Crippen LogP contribution in [0.2, 0.25) is 0 Å². The van der Waals surface area contributed by atoms with Crippen LogP contribution in [0, 0.1) is 0 Å². The average molecular weight is 341 g/mol. The summed E-state index contributed by atoms with van der Waals surface area (Å²) in [5.74, 6) is 0.795. The molecule has 0 spiro atoms. The van der Waals surface area contributed by atoms with Crippen molar-refractivity contribution < 1.29 is 14.3 Å². The molecule has 0 fully saturated rings. The van der Waals surface area contributed by atoms with Crippen LogP contribution in [0.4, 0.5) is 10.5 Å². The van der Waals surface area contributed by atoms with Gasteiger partial charge in [0.1, 0.15) is 5.75 Å². The number of urea groups is 1. The number of rotatable bonds is 6. The minimum Gasteiger partial charge on any atom is -0.497 e. The second-order valence-corrected chi connectivity index (χ2v) is 5.73. The van der Waals surface area contributed by atoms with E-state index >= 15 is 0 Å². The van der Waals surface area contributed by atoms with Crippen LogP contribution in [0.5, 0.6) is 5.75 Å². The number of ether oxygens (including phenoxy) is 1. The number of carbonyl (C=O) groups is 2. The topological polar surface area (TPSA) is 70.7 Å². The molecule has 0 aliphatic carbocycles. The third-order valence-corrected chi connectivity index (χ3v) is 3.78. The van der Waals surface area contributed by atoms with Crippen LogP contribution < -0.4 is 15.4 Å². The minimum atomic E-state index is -0.274. The highest BCUT2D eigenvalue weighted by Crippen LogP contribution is 2.12. The normalized spacial score (nSPS) is 10.0. The molecule has 3 amide bonds. The second-order valence-electron chi connectivity index (χ2n) is 5.73. The lowest BCUT2D eigenvalue weighted by atomic mass is 10.2. The molecule has 0 aliphatic rings. The summed E-state index contributed by atoms with van der Waals surface area (Å²) in [4.78, 5) is 24.8. The zero-order valence-corrected chi connectivity index (χ0v) is 14.7. The van der Waals surface area contributed by atoms with Crippen LogP contribution in [0.25, 0.3) is 0 Å². The number of amides is 3. The summed E-state index contributed by atoms with van der Waals surface area (Å²) in [6, 6.07) is 14.6. The van der Waals surface area contributed by atoms with Crippen LogP contribution in [0.1, 0.15) is 18.1 Å². The second kappa shape index (κ2) is 8.73. The molecule has 0 saturated carbocycles. The van der Waals surface area contributed by atoms with Crippen LogP contribution in [0.3, 0.4) is 0 Å². The molecule has 25 heavy (non-hydrogen) atoms. The molecule has 0 bridgehead atoms. The zero-order valence-electron chi connectivity index (χ0n) is 14.7. The van der Waals surface area contributed by atoms with Crippen molar-refractivity contribution in [2.24, 2.45) is 0 Å². The van der Waals surface area contributed by atoms with Gasteiger partial charge < -0.3 is 20.3 Å². The highest BCUT2D eigenvalue weighted by molar-refractivity contribution is 5.89. The first kappa shape index (κ1) is 18.3. The molecule has 2 N–H and O–H groups in total. The largest absolute Gasteiger partial charge is 0.497 e. The predicted octanol–water partition coefficient (Wildman–Crippen LogP) is 3.00. The SMILES string of the molecule is COc1ccc(CNC(=O)Nc2ccc(CN(C)C(C)=O)cc2)cc1. The van der Waals surface area contributed by atoms with Crippen molar-refractivity contribution in [1.29, 1.82) is 0 Å². The summed E-state index contributed by atoms with van der Waals surface area (Å²) in [6.07, 6.45) is 0. The number of nitrogens with zero attached hydrogens (tertiary/aromatic N) is 1. The van der Waals surface area contributed by atoms with Crippen molar-refractivity contribution in [2.45, 2.75) is 20.0 Å². The number of nitrogens with one attached hydrogen (secondary N) is 2. The van der Waals surface area contributed by atoms with Crippen molar-refractivity contribution >= 4 is 17.6 Å². The molecule has 0 aliphatic heterocycles. The van der Waals surface area contributed by atoms with E-state index < -0.39 is 0 Å². The predicted molar refractivity (Wildman–Crippen MR) is 97.4 cm³/mol. The van der Waals surface area contributed by atoms with E-state index in [-0.39, 0.29) is 11.9 Å². The molecule has 0 atom stereocenters. The highest BCUT2D eigenvalue weighted by atomic mass is 16.5. The van der Waals surface area contributed by atoms with E-state index in [0.29, 0.717) is 18.8 Å². The molecule has 132 valence electrons. The third kappa shape index (κ3) is 5.84. The van der Waals surface area contributed by atoms with E-state index in [1.807, 2.05) is 48.5 Å². The smallest absolute Gasteiger partial charge is 0.319 e. The molecule has 0 unspecified atom stereocenters. The van der Waals surface area contributed by atoms with Gasteiger partial charge in [-0.25, -0.2) is 4.79 Å². The summed E-state index contributed by atoms with van der Waals surface area (Å²) < 4.78 is 5.10. The fourth-order valence-electron chi connectivity index (χ4n) is 2.18. The Morgan fingerprint density at radius 1 is 1.00 bits per heavy atom. The molecule has 6 heteroatoms. The standard InChI is InChI=1S/C19H23N3O3/c1-14(23)22(2)13-16-4-8-17(9-5-16)21-19(24)20-12-15-6-10-18(25-3)11-7-15/h4-11H,12-13H2,1-3H3,(H2,20,21,24). The van der Waals surface area contributed by atoms with E-state index in [0.717, 1.165) is 16.9 Å². The lowest BCUT2D eigenvalue weighted by Crippen LogP contribution is -2.28. The van der Waals surface area contributed by atoms with Crippen molar-refractivity contribution in [2.75, 3.05) is 19.5 Å². The van der Waals surface area contributed by atoms with Gasteiger partial charge in [-0.3, -0.25) is 4.79 Å². The lowest BCUT2D eigenvalue weighted by molar-refractivity contribution is -0.128. The van der Waals surface area contributed by atoms with Crippen molar-refractivity contribution in [3.05, 3.63) is 59.7 Å². The van der Waals surface area contributed by atoms with Gasteiger partial charge >= 0.3 is 6.03 Å².